The number of benzene rings is 1. The fourth-order valence-electron chi connectivity index (χ4n) is 1.65. The van der Waals surface area contributed by atoms with E-state index in [0.717, 1.165) is 11.3 Å². The maximum Gasteiger partial charge on any atom is 0.224 e. The second-order valence-corrected chi connectivity index (χ2v) is 4.69. The molecule has 5 heteroatoms. The van der Waals surface area contributed by atoms with Crippen LogP contribution < -0.4 is 15.8 Å². The van der Waals surface area contributed by atoms with E-state index < -0.39 is 0 Å². The molecule has 1 aromatic rings. The summed E-state index contributed by atoms with van der Waals surface area (Å²) in [7, 11) is 1.60. The number of hydrogen-bond acceptors (Lipinski definition) is 3. The average Bonchev–Trinajstić information content (AvgIpc) is 2.27. The molecule has 1 atom stereocenters. The number of carbonyl (C=O) groups is 1. The van der Waals surface area contributed by atoms with E-state index in [4.69, 9.17) is 22.7 Å². The Kier molecular flexibility index (Phi) is 5.58. The fraction of sp³-hybridized carbons (Fsp3) is 0.385. The molecule has 0 saturated heterocycles. The SMILES string of the molecule is COc1cccc(CC(=O)NC(C)CC(N)=S)c1. The molecule has 0 aliphatic heterocycles. The smallest absolute Gasteiger partial charge is 0.224 e. The van der Waals surface area contributed by atoms with Crippen LogP contribution in [0.2, 0.25) is 0 Å². The van der Waals surface area contributed by atoms with Crippen LogP contribution in [-0.2, 0) is 11.2 Å². The van der Waals surface area contributed by atoms with Gasteiger partial charge in [-0.05, 0) is 24.6 Å². The van der Waals surface area contributed by atoms with Crippen molar-refractivity contribution in [2.75, 3.05) is 7.11 Å². The molecule has 0 aliphatic rings. The second-order valence-electron chi connectivity index (χ2n) is 4.17. The molecule has 0 aromatic heterocycles. The molecule has 3 N–H and O–H groups in total. The normalized spacial score (nSPS) is 11.7. The molecule has 1 aromatic carbocycles. The molecular weight excluding hydrogens is 248 g/mol. The van der Waals surface area contributed by atoms with Crippen LogP contribution in [0.3, 0.4) is 0 Å². The molecule has 0 fully saturated rings. The van der Waals surface area contributed by atoms with Crippen molar-refractivity contribution in [3.05, 3.63) is 29.8 Å². The van der Waals surface area contributed by atoms with E-state index in [0.29, 0.717) is 17.8 Å². The van der Waals surface area contributed by atoms with Crippen molar-refractivity contribution in [2.45, 2.75) is 25.8 Å². The van der Waals surface area contributed by atoms with Crippen LogP contribution in [0.25, 0.3) is 0 Å². The summed E-state index contributed by atoms with van der Waals surface area (Å²) in [6.07, 6.45) is 0.831. The summed E-state index contributed by atoms with van der Waals surface area (Å²) in [6, 6.07) is 7.40. The van der Waals surface area contributed by atoms with Crippen LogP contribution in [0, 0.1) is 0 Å². The van der Waals surface area contributed by atoms with Gasteiger partial charge in [-0.3, -0.25) is 4.79 Å². The zero-order valence-electron chi connectivity index (χ0n) is 10.6. The first-order valence-corrected chi connectivity index (χ1v) is 6.12. The van der Waals surface area contributed by atoms with Gasteiger partial charge in [0, 0.05) is 12.5 Å². The lowest BCUT2D eigenvalue weighted by molar-refractivity contribution is -0.120. The summed E-state index contributed by atoms with van der Waals surface area (Å²) in [4.78, 5) is 12.2. The van der Waals surface area contributed by atoms with Crippen molar-refractivity contribution in [1.29, 1.82) is 0 Å². The largest absolute Gasteiger partial charge is 0.497 e. The van der Waals surface area contributed by atoms with Crippen molar-refractivity contribution in [2.24, 2.45) is 5.73 Å². The number of hydrogen-bond donors (Lipinski definition) is 2. The van der Waals surface area contributed by atoms with Gasteiger partial charge in [0.15, 0.2) is 0 Å². The number of thiocarbonyl (C=S) groups is 1. The quantitative estimate of drug-likeness (QED) is 0.764. The molecule has 0 aliphatic carbocycles. The Morgan fingerprint density at radius 2 is 2.28 bits per heavy atom. The molecule has 4 nitrogen and oxygen atoms in total. The lowest BCUT2D eigenvalue weighted by atomic mass is 10.1. The van der Waals surface area contributed by atoms with E-state index >= 15 is 0 Å². The molecular formula is C13H18N2O2S. The Balaban J connectivity index is 2.51. The Hall–Kier alpha value is -1.62. The van der Waals surface area contributed by atoms with Crippen molar-refractivity contribution >= 4 is 23.1 Å². The van der Waals surface area contributed by atoms with Gasteiger partial charge in [-0.1, -0.05) is 24.4 Å². The van der Waals surface area contributed by atoms with Crippen molar-refractivity contribution in [1.82, 2.24) is 5.32 Å². The highest BCUT2D eigenvalue weighted by molar-refractivity contribution is 7.80. The molecule has 0 bridgehead atoms. The number of rotatable bonds is 6. The first-order chi connectivity index (χ1) is 8.51. The van der Waals surface area contributed by atoms with E-state index in [1.54, 1.807) is 7.11 Å². The maximum absolute atomic E-state index is 11.8. The van der Waals surface area contributed by atoms with E-state index in [1.807, 2.05) is 31.2 Å². The molecule has 1 rings (SSSR count). The van der Waals surface area contributed by atoms with Gasteiger partial charge >= 0.3 is 0 Å². The van der Waals surface area contributed by atoms with E-state index in [-0.39, 0.29) is 11.9 Å². The highest BCUT2D eigenvalue weighted by Gasteiger charge is 2.09. The highest BCUT2D eigenvalue weighted by Crippen LogP contribution is 2.12. The summed E-state index contributed by atoms with van der Waals surface area (Å²) in [5.41, 5.74) is 6.33. The monoisotopic (exact) mass is 266 g/mol. The van der Waals surface area contributed by atoms with Crippen molar-refractivity contribution < 1.29 is 9.53 Å². The van der Waals surface area contributed by atoms with Gasteiger partial charge in [-0.15, -0.1) is 0 Å². The van der Waals surface area contributed by atoms with Crippen molar-refractivity contribution in [3.63, 3.8) is 0 Å². The average molecular weight is 266 g/mol. The predicted molar refractivity (Wildman–Crippen MR) is 75.7 cm³/mol. The van der Waals surface area contributed by atoms with Crippen LogP contribution in [0.5, 0.6) is 5.75 Å². The number of amides is 1. The number of nitrogens with two attached hydrogens (primary N) is 1. The summed E-state index contributed by atoms with van der Waals surface area (Å²) in [5, 5.41) is 2.85. The Labute approximate surface area is 113 Å². The predicted octanol–water partition coefficient (Wildman–Crippen LogP) is 1.42. The van der Waals surface area contributed by atoms with Gasteiger partial charge in [-0.25, -0.2) is 0 Å². The third-order valence-electron chi connectivity index (χ3n) is 2.41. The molecule has 0 saturated carbocycles. The fourth-order valence-corrected chi connectivity index (χ4v) is 1.90. The number of ether oxygens (including phenoxy) is 1. The minimum Gasteiger partial charge on any atom is -0.497 e. The number of carbonyl (C=O) groups excluding carboxylic acids is 1. The van der Waals surface area contributed by atoms with Gasteiger partial charge in [0.1, 0.15) is 5.75 Å². The number of nitrogens with one attached hydrogen (secondary N) is 1. The third kappa shape index (κ3) is 5.14. The van der Waals surface area contributed by atoms with Gasteiger partial charge < -0.3 is 15.8 Å². The van der Waals surface area contributed by atoms with Gasteiger partial charge in [0.25, 0.3) is 0 Å². The van der Waals surface area contributed by atoms with Crippen LogP contribution in [0.1, 0.15) is 18.9 Å². The summed E-state index contributed by atoms with van der Waals surface area (Å²) in [5.74, 6) is 0.698. The van der Waals surface area contributed by atoms with Crippen LogP contribution in [0.4, 0.5) is 0 Å². The molecule has 0 spiro atoms. The van der Waals surface area contributed by atoms with Crippen LogP contribution in [-0.4, -0.2) is 24.0 Å². The molecule has 0 radical (unpaired) electrons. The molecule has 0 heterocycles. The molecule has 1 amide bonds. The number of methoxy groups -OCH3 is 1. The molecule has 98 valence electrons. The first kappa shape index (κ1) is 14.4. The second kappa shape index (κ2) is 6.96. The van der Waals surface area contributed by atoms with E-state index in [2.05, 4.69) is 5.32 Å². The van der Waals surface area contributed by atoms with Crippen molar-refractivity contribution in [3.8, 4) is 5.75 Å². The molecule has 1 unspecified atom stereocenters. The first-order valence-electron chi connectivity index (χ1n) is 5.72. The third-order valence-corrected chi connectivity index (χ3v) is 2.58. The summed E-state index contributed by atoms with van der Waals surface area (Å²) in [6.45, 7) is 1.88. The zero-order valence-corrected chi connectivity index (χ0v) is 11.4. The highest BCUT2D eigenvalue weighted by atomic mass is 32.1. The standard InChI is InChI=1S/C13H18N2O2S/c1-9(6-12(14)18)15-13(16)8-10-4-3-5-11(7-10)17-2/h3-5,7,9H,6,8H2,1-2H3,(H2,14,18)(H,15,16). The Morgan fingerprint density at radius 3 is 2.89 bits per heavy atom. The lowest BCUT2D eigenvalue weighted by Gasteiger charge is -2.13. The molecule has 18 heavy (non-hydrogen) atoms. The van der Waals surface area contributed by atoms with E-state index in [9.17, 15) is 4.79 Å². The van der Waals surface area contributed by atoms with E-state index in [1.165, 1.54) is 0 Å². The zero-order chi connectivity index (χ0) is 13.5. The van der Waals surface area contributed by atoms with Crippen LogP contribution >= 0.6 is 12.2 Å². The van der Waals surface area contributed by atoms with Gasteiger partial charge in [-0.2, -0.15) is 0 Å². The topological polar surface area (TPSA) is 64.3 Å². The summed E-state index contributed by atoms with van der Waals surface area (Å²) >= 11 is 4.80. The van der Waals surface area contributed by atoms with Gasteiger partial charge in [0.2, 0.25) is 5.91 Å². The summed E-state index contributed by atoms with van der Waals surface area (Å²) < 4.78 is 5.10. The lowest BCUT2D eigenvalue weighted by Crippen LogP contribution is -2.36. The maximum atomic E-state index is 11.8. The minimum atomic E-state index is -0.0491. The van der Waals surface area contributed by atoms with Gasteiger partial charge in [0.05, 0.1) is 18.5 Å². The Morgan fingerprint density at radius 1 is 1.56 bits per heavy atom. The minimum absolute atomic E-state index is 0.0411. The van der Waals surface area contributed by atoms with Crippen LogP contribution in [0.15, 0.2) is 24.3 Å². The Bertz CT molecular complexity index is 435.